The molecule has 14 nitrogen and oxygen atoms in total. The van der Waals surface area contributed by atoms with Crippen molar-refractivity contribution in [2.75, 3.05) is 19.0 Å². The van der Waals surface area contributed by atoms with Crippen LogP contribution in [0.1, 0.15) is 56.1 Å². The second-order valence-corrected chi connectivity index (χ2v) is 17.2. The highest BCUT2D eigenvalue weighted by Gasteiger charge is 2.49. The molecular weight excluding hydrogens is 673 g/mol. The van der Waals surface area contributed by atoms with Crippen LogP contribution in [0.15, 0.2) is 54.7 Å². The van der Waals surface area contributed by atoms with Crippen molar-refractivity contribution in [3.05, 3.63) is 65.9 Å². The lowest BCUT2D eigenvalue weighted by molar-refractivity contribution is -0.143. The molecule has 1 aliphatic rings. The molecule has 268 valence electrons. The summed E-state index contributed by atoms with van der Waals surface area (Å²) in [5, 5.41) is 25.9. The summed E-state index contributed by atoms with van der Waals surface area (Å²) in [7, 11) is -8.32. The molecule has 1 aromatic heterocycles. The van der Waals surface area contributed by atoms with Gasteiger partial charge in [0.05, 0.1) is 11.7 Å². The number of carbonyl (C=O) groups is 3. The van der Waals surface area contributed by atoms with E-state index in [2.05, 4.69) is 20.3 Å². The highest BCUT2D eigenvalue weighted by Crippen LogP contribution is 2.55. The molecule has 0 spiro atoms. The van der Waals surface area contributed by atoms with Crippen LogP contribution >= 0.6 is 7.37 Å². The second-order valence-electron chi connectivity index (χ2n) is 13.0. The fraction of sp³-hybridized carbons (Fsp3) is 0.485. The number of benzene rings is 2. The van der Waals surface area contributed by atoms with Crippen LogP contribution in [-0.4, -0.2) is 83.1 Å². The SMILES string of the molecule is CS(=O)(=O)NC(CCCCN)C(=O)NC(Cc1ccc(O)cc1)P(=O)(O)CC1(C(=O)N[C@@H](Cc2c[nH]c3ccccc23)C(=O)O)CCCC1. The van der Waals surface area contributed by atoms with Gasteiger partial charge in [0.25, 0.3) is 0 Å². The standard InChI is InChI=1S/C33H46N5O9PS/c1-49(46,47)38-27(10-4-7-17-34)30(40)37-29(18-22-11-13-24(39)14-12-22)48(44,45)21-33(15-5-6-16-33)32(43)36-28(31(41)42)19-23-20-35-26-9-3-2-8-25(23)26/h2-3,8-9,11-14,20,27-29,35,38-39H,4-7,10,15-19,21,34H2,1H3,(H,36,43)(H,37,40)(H,41,42)(H,44,45)/t27?,28-,29?/m0/s1. The van der Waals surface area contributed by atoms with Crippen molar-refractivity contribution in [1.29, 1.82) is 0 Å². The predicted octanol–water partition coefficient (Wildman–Crippen LogP) is 2.55. The minimum absolute atomic E-state index is 0.0175. The minimum Gasteiger partial charge on any atom is -0.508 e. The summed E-state index contributed by atoms with van der Waals surface area (Å²) in [5.74, 6) is -4.18. The number of phenols is 1. The molecule has 1 saturated carbocycles. The fourth-order valence-corrected chi connectivity index (χ4v) is 9.61. The molecule has 0 aliphatic heterocycles. The van der Waals surface area contributed by atoms with E-state index in [1.54, 1.807) is 6.20 Å². The Morgan fingerprint density at radius 3 is 2.31 bits per heavy atom. The first-order valence-corrected chi connectivity index (χ1v) is 20.1. The van der Waals surface area contributed by atoms with Gasteiger partial charge in [0, 0.05) is 36.1 Å². The first kappa shape index (κ1) is 38.1. The number of unbranched alkanes of at least 4 members (excludes halogenated alkanes) is 1. The van der Waals surface area contributed by atoms with Gasteiger partial charge in [0.2, 0.25) is 29.2 Å². The van der Waals surface area contributed by atoms with Crippen LogP contribution in [0, 0.1) is 5.41 Å². The highest BCUT2D eigenvalue weighted by molar-refractivity contribution is 7.88. The summed E-state index contributed by atoms with van der Waals surface area (Å²) < 4.78 is 40.9. The maximum absolute atomic E-state index is 14.4. The molecule has 0 saturated heterocycles. The minimum atomic E-state index is -4.49. The number of carboxylic acid groups (broad SMARTS) is 1. The zero-order chi connectivity index (χ0) is 35.8. The smallest absolute Gasteiger partial charge is 0.326 e. The normalized spacial score (nSPS) is 17.5. The molecule has 49 heavy (non-hydrogen) atoms. The van der Waals surface area contributed by atoms with Crippen LogP contribution in [0.25, 0.3) is 10.9 Å². The van der Waals surface area contributed by atoms with Gasteiger partial charge in [-0.15, -0.1) is 0 Å². The number of fused-ring (bicyclic) bond motifs is 1. The third-order valence-electron chi connectivity index (χ3n) is 9.05. The molecule has 3 aromatic rings. The average molecular weight is 720 g/mol. The maximum atomic E-state index is 14.4. The van der Waals surface area contributed by atoms with Gasteiger partial charge in [-0.2, -0.15) is 0 Å². The van der Waals surface area contributed by atoms with Gasteiger partial charge in [-0.25, -0.2) is 17.9 Å². The van der Waals surface area contributed by atoms with Crippen molar-refractivity contribution < 1.29 is 42.5 Å². The molecule has 0 radical (unpaired) electrons. The Morgan fingerprint density at radius 1 is 1.00 bits per heavy atom. The monoisotopic (exact) mass is 719 g/mol. The molecule has 0 bridgehead atoms. The Labute approximate surface area is 285 Å². The van der Waals surface area contributed by atoms with Gasteiger partial charge in [-0.3, -0.25) is 14.2 Å². The molecule has 2 aromatic carbocycles. The maximum Gasteiger partial charge on any atom is 0.326 e. The van der Waals surface area contributed by atoms with Crippen LogP contribution in [0.4, 0.5) is 0 Å². The first-order chi connectivity index (χ1) is 23.1. The predicted molar refractivity (Wildman–Crippen MR) is 186 cm³/mol. The summed E-state index contributed by atoms with van der Waals surface area (Å²) >= 11 is 0. The van der Waals surface area contributed by atoms with Crippen molar-refractivity contribution in [1.82, 2.24) is 20.3 Å². The summed E-state index contributed by atoms with van der Waals surface area (Å²) in [6, 6.07) is 10.7. The fourth-order valence-electron chi connectivity index (χ4n) is 6.49. The van der Waals surface area contributed by atoms with E-state index in [0.717, 1.165) is 17.2 Å². The molecule has 1 heterocycles. The summed E-state index contributed by atoms with van der Waals surface area (Å²) in [6.45, 7) is 0.331. The lowest BCUT2D eigenvalue weighted by Gasteiger charge is -2.34. The number of aromatic nitrogens is 1. The van der Waals surface area contributed by atoms with Gasteiger partial charge in [0.15, 0.2) is 0 Å². The third kappa shape index (κ3) is 10.4. The Bertz CT molecular complexity index is 1770. The van der Waals surface area contributed by atoms with E-state index in [4.69, 9.17) is 5.73 Å². The Hall–Kier alpha value is -3.75. The van der Waals surface area contributed by atoms with Crippen molar-refractivity contribution in [2.45, 2.75) is 75.7 Å². The van der Waals surface area contributed by atoms with Crippen molar-refractivity contribution in [3.8, 4) is 5.75 Å². The van der Waals surface area contributed by atoms with E-state index in [9.17, 15) is 42.5 Å². The van der Waals surface area contributed by atoms with Gasteiger partial charge < -0.3 is 36.5 Å². The number of H-pyrrole nitrogens is 1. The van der Waals surface area contributed by atoms with Gasteiger partial charge in [-0.05, 0) is 61.6 Å². The zero-order valence-corrected chi connectivity index (χ0v) is 29.1. The lowest BCUT2D eigenvalue weighted by Crippen LogP contribution is -2.52. The number of aliphatic carboxylic acids is 1. The molecule has 2 amide bonds. The number of nitrogens with one attached hydrogen (secondary N) is 4. The number of carbonyl (C=O) groups excluding carboxylic acids is 2. The number of rotatable bonds is 18. The Morgan fingerprint density at radius 2 is 1.67 bits per heavy atom. The topological polar surface area (TPSA) is 241 Å². The van der Waals surface area contributed by atoms with E-state index in [-0.39, 0.29) is 37.9 Å². The molecule has 9 N–H and O–H groups in total. The molecule has 1 aliphatic carbocycles. The average Bonchev–Trinajstić information content (AvgIpc) is 3.68. The van der Waals surface area contributed by atoms with Crippen LogP contribution < -0.4 is 21.1 Å². The highest BCUT2D eigenvalue weighted by atomic mass is 32.2. The molecular formula is C33H46N5O9PS. The van der Waals surface area contributed by atoms with Crippen molar-refractivity contribution in [2.24, 2.45) is 11.1 Å². The first-order valence-electron chi connectivity index (χ1n) is 16.3. The van der Waals surface area contributed by atoms with Crippen LogP contribution in [0.5, 0.6) is 5.75 Å². The quantitative estimate of drug-likeness (QED) is 0.0706. The number of sulfonamides is 1. The number of para-hydroxylation sites is 1. The molecule has 16 heteroatoms. The number of phenolic OH excluding ortho intramolecular Hbond substituents is 1. The zero-order valence-electron chi connectivity index (χ0n) is 27.4. The number of carboxylic acids is 1. The number of nitrogens with two attached hydrogens (primary N) is 1. The van der Waals surface area contributed by atoms with E-state index in [0.29, 0.717) is 43.4 Å². The van der Waals surface area contributed by atoms with E-state index in [1.807, 2.05) is 24.3 Å². The number of amides is 2. The van der Waals surface area contributed by atoms with Gasteiger partial charge in [-0.1, -0.05) is 49.6 Å². The Kier molecular flexibility index (Phi) is 12.7. The second kappa shape index (κ2) is 16.3. The summed E-state index contributed by atoms with van der Waals surface area (Å²) in [6.07, 6.45) is 4.55. The van der Waals surface area contributed by atoms with Crippen LogP contribution in [0.2, 0.25) is 0 Å². The van der Waals surface area contributed by atoms with E-state index >= 15 is 0 Å². The summed E-state index contributed by atoms with van der Waals surface area (Å²) in [4.78, 5) is 54.7. The molecule has 4 atom stereocenters. The van der Waals surface area contributed by atoms with Gasteiger partial charge in [0.1, 0.15) is 23.6 Å². The van der Waals surface area contributed by atoms with Crippen molar-refractivity contribution >= 4 is 46.1 Å². The van der Waals surface area contributed by atoms with Gasteiger partial charge >= 0.3 is 5.97 Å². The number of aromatic amines is 1. The van der Waals surface area contributed by atoms with E-state index in [1.165, 1.54) is 24.3 Å². The third-order valence-corrected chi connectivity index (χ3v) is 12.1. The summed E-state index contributed by atoms with van der Waals surface area (Å²) in [5.41, 5.74) is 6.20. The largest absolute Gasteiger partial charge is 0.508 e. The van der Waals surface area contributed by atoms with Crippen LogP contribution in [0.3, 0.4) is 0 Å². The molecule has 1 fully saturated rings. The molecule has 3 unspecified atom stereocenters. The Balaban J connectivity index is 1.60. The number of hydrogen-bond acceptors (Lipinski definition) is 8. The van der Waals surface area contributed by atoms with E-state index < -0.39 is 64.6 Å². The number of hydrogen-bond donors (Lipinski definition) is 8. The molecule has 4 rings (SSSR count). The number of aromatic hydroxyl groups is 1. The van der Waals surface area contributed by atoms with Crippen LogP contribution in [-0.2, 0) is 41.8 Å². The lowest BCUT2D eigenvalue weighted by atomic mass is 9.87. The van der Waals surface area contributed by atoms with Crippen molar-refractivity contribution in [3.63, 3.8) is 0 Å².